The second-order valence-electron chi connectivity index (χ2n) is 7.48. The number of ether oxygens (including phenoxy) is 1. The van der Waals surface area contributed by atoms with Crippen molar-refractivity contribution in [3.05, 3.63) is 81.9 Å². The van der Waals surface area contributed by atoms with E-state index in [1.54, 1.807) is 11.3 Å². The zero-order chi connectivity index (χ0) is 20.1. The van der Waals surface area contributed by atoms with Crippen molar-refractivity contribution >= 4 is 22.5 Å². The number of fused-ring (bicyclic) bond motifs is 1. The summed E-state index contributed by atoms with van der Waals surface area (Å²) >= 11 is 1.64. The Bertz CT molecular complexity index is 956. The first-order valence-corrected chi connectivity index (χ1v) is 10.9. The monoisotopic (exact) mass is 405 g/mol. The highest BCUT2D eigenvalue weighted by Crippen LogP contribution is 2.24. The Morgan fingerprint density at radius 3 is 2.83 bits per heavy atom. The molecule has 1 aliphatic heterocycles. The molecule has 0 amide bonds. The summed E-state index contributed by atoms with van der Waals surface area (Å²) in [7, 11) is 0. The predicted molar refractivity (Wildman–Crippen MR) is 121 cm³/mol. The summed E-state index contributed by atoms with van der Waals surface area (Å²) in [6, 6.07) is 16.7. The summed E-state index contributed by atoms with van der Waals surface area (Å²) in [6.45, 7) is 5.72. The minimum Gasteiger partial charge on any atom is -0.489 e. The van der Waals surface area contributed by atoms with Crippen LogP contribution in [0.1, 0.15) is 27.3 Å². The molecule has 4 rings (SSSR count). The van der Waals surface area contributed by atoms with Gasteiger partial charge < -0.3 is 10.5 Å². The highest BCUT2D eigenvalue weighted by Gasteiger charge is 2.16. The molecular weight excluding hydrogens is 378 g/mol. The first-order valence-electron chi connectivity index (χ1n) is 10.1. The summed E-state index contributed by atoms with van der Waals surface area (Å²) in [5, 5.41) is 0.702. The van der Waals surface area contributed by atoms with Gasteiger partial charge in [0, 0.05) is 30.9 Å². The molecule has 0 fully saturated rings. The van der Waals surface area contributed by atoms with Gasteiger partial charge in [0.25, 0.3) is 0 Å². The van der Waals surface area contributed by atoms with E-state index in [2.05, 4.69) is 59.3 Å². The lowest BCUT2D eigenvalue weighted by atomic mass is 10.1. The number of anilines is 1. The number of nitrogens with zero attached hydrogens (tertiary/aromatic N) is 2. The molecule has 150 valence electrons. The van der Waals surface area contributed by atoms with E-state index in [-0.39, 0.29) is 0 Å². The van der Waals surface area contributed by atoms with Crippen LogP contribution in [0.25, 0.3) is 6.08 Å². The molecule has 0 saturated heterocycles. The first kappa shape index (κ1) is 19.7. The van der Waals surface area contributed by atoms with Gasteiger partial charge in [-0.2, -0.15) is 0 Å². The van der Waals surface area contributed by atoms with Gasteiger partial charge in [0.15, 0.2) is 5.13 Å². The number of nitrogen functional groups attached to an aromatic ring is 1. The highest BCUT2D eigenvalue weighted by atomic mass is 32.1. The normalized spacial score (nSPS) is 14.7. The second-order valence-corrected chi connectivity index (χ2v) is 8.59. The van der Waals surface area contributed by atoms with Crippen molar-refractivity contribution in [2.75, 3.05) is 25.4 Å². The Morgan fingerprint density at radius 2 is 1.97 bits per heavy atom. The highest BCUT2D eigenvalue weighted by molar-refractivity contribution is 7.15. The molecule has 1 aliphatic rings. The number of aromatic nitrogens is 1. The molecule has 0 saturated carbocycles. The van der Waals surface area contributed by atoms with Crippen LogP contribution in [0, 0.1) is 6.92 Å². The molecule has 2 heterocycles. The van der Waals surface area contributed by atoms with Crippen molar-refractivity contribution < 1.29 is 4.74 Å². The third-order valence-corrected chi connectivity index (χ3v) is 6.10. The molecule has 0 atom stereocenters. The van der Waals surface area contributed by atoms with Crippen molar-refractivity contribution in [1.82, 2.24) is 9.88 Å². The summed E-state index contributed by atoms with van der Waals surface area (Å²) in [5.74, 6) is 0.913. The Morgan fingerprint density at radius 1 is 1.14 bits per heavy atom. The van der Waals surface area contributed by atoms with Crippen molar-refractivity contribution in [2.45, 2.75) is 26.4 Å². The van der Waals surface area contributed by atoms with Gasteiger partial charge in [-0.05, 0) is 42.2 Å². The van der Waals surface area contributed by atoms with Gasteiger partial charge in [0.1, 0.15) is 12.4 Å². The molecule has 2 N–H and O–H groups in total. The van der Waals surface area contributed by atoms with E-state index in [0.29, 0.717) is 11.7 Å². The molecule has 2 aromatic carbocycles. The lowest BCUT2D eigenvalue weighted by molar-refractivity contribution is 0.306. The van der Waals surface area contributed by atoms with E-state index in [1.807, 2.05) is 18.2 Å². The predicted octanol–water partition coefficient (Wildman–Crippen LogP) is 4.73. The van der Waals surface area contributed by atoms with Crippen molar-refractivity contribution in [3.63, 3.8) is 0 Å². The van der Waals surface area contributed by atoms with Crippen LogP contribution in [0.4, 0.5) is 5.13 Å². The number of hydrogen-bond donors (Lipinski definition) is 1. The summed E-state index contributed by atoms with van der Waals surface area (Å²) in [6.07, 6.45) is 6.47. The van der Waals surface area contributed by atoms with E-state index in [1.165, 1.54) is 27.3 Å². The fourth-order valence-electron chi connectivity index (χ4n) is 3.65. The fourth-order valence-corrected chi connectivity index (χ4v) is 4.51. The largest absolute Gasteiger partial charge is 0.489 e. The molecule has 0 unspecified atom stereocenters. The smallest absolute Gasteiger partial charge is 0.180 e. The third kappa shape index (κ3) is 5.46. The standard InChI is InChI=1S/C24H27N3OS/c1-18-14-20(16-21(15-18)28-17-19-6-3-2-4-7-19)8-5-11-27-12-9-22-23(10-13-27)29-24(25)26-22/h2-8,14-16H,9-13,17H2,1H3,(H2,25,26). The van der Waals surface area contributed by atoms with Crippen LogP contribution in [-0.4, -0.2) is 29.5 Å². The van der Waals surface area contributed by atoms with Crippen LogP contribution in [0.2, 0.25) is 0 Å². The molecule has 4 nitrogen and oxygen atoms in total. The quantitative estimate of drug-likeness (QED) is 0.644. The number of benzene rings is 2. The lowest BCUT2D eigenvalue weighted by Crippen LogP contribution is -2.26. The summed E-state index contributed by atoms with van der Waals surface area (Å²) < 4.78 is 6.00. The van der Waals surface area contributed by atoms with Crippen LogP contribution in [0.15, 0.2) is 54.6 Å². The van der Waals surface area contributed by atoms with E-state index in [0.717, 1.165) is 38.2 Å². The molecule has 0 spiro atoms. The van der Waals surface area contributed by atoms with Crippen molar-refractivity contribution in [2.24, 2.45) is 0 Å². The number of rotatable bonds is 6. The Hall–Kier alpha value is -2.63. The minimum absolute atomic E-state index is 0.587. The van der Waals surface area contributed by atoms with Crippen LogP contribution < -0.4 is 10.5 Å². The Kier molecular flexibility index (Phi) is 6.27. The molecule has 0 aliphatic carbocycles. The summed E-state index contributed by atoms with van der Waals surface area (Å²) in [4.78, 5) is 8.30. The van der Waals surface area contributed by atoms with Gasteiger partial charge >= 0.3 is 0 Å². The van der Waals surface area contributed by atoms with Gasteiger partial charge in [0.2, 0.25) is 0 Å². The molecular formula is C24H27N3OS. The molecule has 3 aromatic rings. The Labute approximate surface area is 176 Å². The number of nitrogens with two attached hydrogens (primary N) is 1. The maximum absolute atomic E-state index is 6.00. The Balaban J connectivity index is 1.33. The van der Waals surface area contributed by atoms with E-state index in [9.17, 15) is 0 Å². The minimum atomic E-state index is 0.587. The molecule has 0 bridgehead atoms. The number of aryl methyl sites for hydroxylation is 1. The van der Waals surface area contributed by atoms with Gasteiger partial charge in [-0.1, -0.05) is 48.6 Å². The van der Waals surface area contributed by atoms with Gasteiger partial charge in [-0.3, -0.25) is 4.90 Å². The zero-order valence-electron chi connectivity index (χ0n) is 16.8. The topological polar surface area (TPSA) is 51.4 Å². The average molecular weight is 406 g/mol. The van der Waals surface area contributed by atoms with E-state index < -0.39 is 0 Å². The van der Waals surface area contributed by atoms with Gasteiger partial charge in [-0.15, -0.1) is 11.3 Å². The number of hydrogen-bond acceptors (Lipinski definition) is 5. The van der Waals surface area contributed by atoms with Gasteiger partial charge in [-0.25, -0.2) is 4.98 Å². The first-order chi connectivity index (χ1) is 14.2. The molecule has 5 heteroatoms. The van der Waals surface area contributed by atoms with Crippen LogP contribution in [0.5, 0.6) is 5.75 Å². The molecule has 0 radical (unpaired) electrons. The second kappa shape index (κ2) is 9.25. The third-order valence-electron chi connectivity index (χ3n) is 5.11. The summed E-state index contributed by atoms with van der Waals surface area (Å²) in [5.41, 5.74) is 10.6. The fraction of sp³-hybridized carbons (Fsp3) is 0.292. The van der Waals surface area contributed by atoms with Crippen LogP contribution >= 0.6 is 11.3 Å². The van der Waals surface area contributed by atoms with E-state index >= 15 is 0 Å². The zero-order valence-corrected chi connectivity index (χ0v) is 17.6. The SMILES string of the molecule is Cc1cc(C=CCN2CCc3nc(N)sc3CC2)cc(OCc2ccccc2)c1. The lowest BCUT2D eigenvalue weighted by Gasteiger charge is -2.17. The maximum Gasteiger partial charge on any atom is 0.180 e. The van der Waals surface area contributed by atoms with Crippen LogP contribution in [-0.2, 0) is 19.4 Å². The molecule has 1 aromatic heterocycles. The van der Waals surface area contributed by atoms with Crippen LogP contribution in [0.3, 0.4) is 0 Å². The number of thiazole rings is 1. The van der Waals surface area contributed by atoms with E-state index in [4.69, 9.17) is 10.5 Å². The maximum atomic E-state index is 6.00. The average Bonchev–Trinajstić information content (AvgIpc) is 2.97. The molecule has 29 heavy (non-hydrogen) atoms. The van der Waals surface area contributed by atoms with Gasteiger partial charge in [0.05, 0.1) is 5.69 Å². The van der Waals surface area contributed by atoms with Crippen molar-refractivity contribution in [1.29, 1.82) is 0 Å². The van der Waals surface area contributed by atoms with Crippen molar-refractivity contribution in [3.8, 4) is 5.75 Å².